The third-order valence-electron chi connectivity index (χ3n) is 20.3. The van der Waals surface area contributed by atoms with Gasteiger partial charge in [-0.25, -0.2) is 9.13 Å². The molecule has 0 radical (unpaired) electrons. The first kappa shape index (κ1) is 103. The molecule has 0 rings (SSSR count). The molecule has 0 aromatic heterocycles. The summed E-state index contributed by atoms with van der Waals surface area (Å²) >= 11 is 0. The first-order chi connectivity index (χ1) is 51.0. The Morgan fingerprint density at radius 3 is 0.648 bits per heavy atom. The van der Waals surface area contributed by atoms with Gasteiger partial charge < -0.3 is 33.8 Å². The molecule has 0 amide bonds. The molecule has 19 heteroatoms. The van der Waals surface area contributed by atoms with Crippen LogP contribution in [0.1, 0.15) is 465 Å². The maximum absolute atomic E-state index is 13.1. The van der Waals surface area contributed by atoms with Crippen molar-refractivity contribution in [2.24, 2.45) is 5.92 Å². The summed E-state index contributed by atoms with van der Waals surface area (Å²) in [6.45, 7) is 7.39. The highest BCUT2D eigenvalue weighted by molar-refractivity contribution is 7.47. The van der Waals surface area contributed by atoms with E-state index in [-0.39, 0.29) is 25.7 Å². The summed E-state index contributed by atoms with van der Waals surface area (Å²) in [5, 5.41) is 10.7. The molecule has 0 aliphatic heterocycles. The number of carbonyl (C=O) groups is 4. The highest BCUT2D eigenvalue weighted by atomic mass is 31.2. The first-order valence-electron chi connectivity index (χ1n) is 44.6. The molecule has 0 aliphatic carbocycles. The molecular formula is C86H168O17P2. The lowest BCUT2D eigenvalue weighted by Gasteiger charge is -2.21. The smallest absolute Gasteiger partial charge is 0.462 e. The van der Waals surface area contributed by atoms with E-state index in [1.165, 1.54) is 289 Å². The second-order valence-electron chi connectivity index (χ2n) is 31.4. The van der Waals surface area contributed by atoms with Gasteiger partial charge in [0.25, 0.3) is 0 Å². The molecule has 5 atom stereocenters. The SMILES string of the molecule is CCCCCCCCCCCCCCCCCCCCCCC(=O)O[C@H](COC(=O)CCCCCCCCCCCCCCCC(C)C)COP(=O)(O)OC[C@@H](O)COP(=O)(O)OC[C@@H](COC(=O)CCCCCCCCCCCCCCC)OC(=O)CCCCCCCCCCCCCCCCCC. The fourth-order valence-electron chi connectivity index (χ4n) is 13.5. The van der Waals surface area contributed by atoms with E-state index in [0.717, 1.165) is 95.8 Å². The number of aliphatic hydroxyl groups excluding tert-OH is 1. The minimum atomic E-state index is -4.97. The van der Waals surface area contributed by atoms with Crippen molar-refractivity contribution in [1.29, 1.82) is 0 Å². The molecule has 0 bridgehead atoms. The number of esters is 4. The Labute approximate surface area is 645 Å². The van der Waals surface area contributed by atoms with Crippen molar-refractivity contribution in [2.45, 2.75) is 483 Å². The Balaban J connectivity index is 5.26. The van der Waals surface area contributed by atoms with Crippen LogP contribution in [0.2, 0.25) is 0 Å². The van der Waals surface area contributed by atoms with Crippen molar-refractivity contribution in [1.82, 2.24) is 0 Å². The Hall–Kier alpha value is -1.94. The quantitative estimate of drug-likeness (QED) is 0.0222. The van der Waals surface area contributed by atoms with Crippen molar-refractivity contribution in [3.63, 3.8) is 0 Å². The minimum absolute atomic E-state index is 0.109. The van der Waals surface area contributed by atoms with Gasteiger partial charge in [0.15, 0.2) is 12.2 Å². The molecule has 3 N–H and O–H groups in total. The van der Waals surface area contributed by atoms with Crippen LogP contribution in [0, 0.1) is 5.92 Å². The zero-order chi connectivity index (χ0) is 76.9. The zero-order valence-corrected chi connectivity index (χ0v) is 70.7. The summed E-state index contributed by atoms with van der Waals surface area (Å²) < 4.78 is 68.9. The van der Waals surface area contributed by atoms with Gasteiger partial charge in [-0.3, -0.25) is 37.3 Å². The summed E-state index contributed by atoms with van der Waals surface area (Å²) in [7, 11) is -9.93. The molecule has 0 aromatic rings. The van der Waals surface area contributed by atoms with Gasteiger partial charge in [-0.05, 0) is 31.6 Å². The van der Waals surface area contributed by atoms with Crippen molar-refractivity contribution in [3.05, 3.63) is 0 Å². The summed E-state index contributed by atoms with van der Waals surface area (Å²) in [6.07, 6.45) is 72.1. The van der Waals surface area contributed by atoms with Crippen LogP contribution in [-0.2, 0) is 65.4 Å². The van der Waals surface area contributed by atoms with Crippen LogP contribution in [-0.4, -0.2) is 96.7 Å². The van der Waals surface area contributed by atoms with Crippen LogP contribution in [0.25, 0.3) is 0 Å². The number of ether oxygens (including phenoxy) is 4. The topological polar surface area (TPSA) is 237 Å². The molecule has 0 saturated carbocycles. The third kappa shape index (κ3) is 79.9. The average Bonchev–Trinajstić information content (AvgIpc) is 0.914. The van der Waals surface area contributed by atoms with E-state index in [1.807, 2.05) is 0 Å². The molecule has 0 saturated heterocycles. The standard InChI is InChI=1S/C86H168O17P2/c1-6-9-12-15-18-21-24-27-29-31-32-33-34-36-41-47-52-57-62-67-72-86(91)103-82(76-97-84(89)70-65-60-55-50-45-42-37-39-43-48-53-58-63-68-79(4)5)78-101-105(94,95)99-74-80(87)73-98-104(92,93)100-77-81(75-96-83(88)69-64-59-54-49-44-38-26-23-20-17-14-11-8-3)102-85(90)71-66-61-56-51-46-40-35-30-28-25-22-19-16-13-10-7-2/h79-82,87H,6-78H2,1-5H3,(H,92,93)(H,94,95)/t80-,81+,82+/m0/s1. The molecule has 17 nitrogen and oxygen atoms in total. The van der Waals surface area contributed by atoms with Crippen LogP contribution in [0.3, 0.4) is 0 Å². The number of rotatable bonds is 86. The lowest BCUT2D eigenvalue weighted by molar-refractivity contribution is -0.161. The van der Waals surface area contributed by atoms with Crippen molar-refractivity contribution in [3.8, 4) is 0 Å². The van der Waals surface area contributed by atoms with Crippen molar-refractivity contribution >= 4 is 39.5 Å². The highest BCUT2D eigenvalue weighted by Crippen LogP contribution is 2.45. The predicted molar refractivity (Wildman–Crippen MR) is 432 cm³/mol. The number of phosphoric acid groups is 2. The summed E-state index contributed by atoms with van der Waals surface area (Å²) in [5.41, 5.74) is 0. The van der Waals surface area contributed by atoms with E-state index < -0.39 is 97.5 Å². The van der Waals surface area contributed by atoms with E-state index >= 15 is 0 Å². The maximum Gasteiger partial charge on any atom is 0.472 e. The molecule has 0 aliphatic rings. The predicted octanol–water partition coefficient (Wildman–Crippen LogP) is 26.4. The van der Waals surface area contributed by atoms with Gasteiger partial charge in [-0.1, -0.05) is 413 Å². The maximum atomic E-state index is 13.1. The fourth-order valence-corrected chi connectivity index (χ4v) is 15.1. The van der Waals surface area contributed by atoms with Crippen molar-refractivity contribution < 1.29 is 80.2 Å². The second kappa shape index (κ2) is 78.7. The Morgan fingerprint density at radius 2 is 0.438 bits per heavy atom. The molecule has 105 heavy (non-hydrogen) atoms. The van der Waals surface area contributed by atoms with Crippen LogP contribution >= 0.6 is 15.6 Å². The van der Waals surface area contributed by atoms with E-state index in [9.17, 15) is 43.2 Å². The van der Waals surface area contributed by atoms with Gasteiger partial charge >= 0.3 is 39.5 Å². The number of hydrogen-bond acceptors (Lipinski definition) is 15. The van der Waals surface area contributed by atoms with Gasteiger partial charge in [0, 0.05) is 25.7 Å². The average molecular weight is 1540 g/mol. The summed E-state index contributed by atoms with van der Waals surface area (Å²) in [5.74, 6) is -1.31. The Kier molecular flexibility index (Phi) is 77.3. The number of hydrogen-bond donors (Lipinski definition) is 3. The molecule has 0 fully saturated rings. The van der Waals surface area contributed by atoms with Gasteiger partial charge in [0.2, 0.25) is 0 Å². The van der Waals surface area contributed by atoms with Crippen LogP contribution in [0.4, 0.5) is 0 Å². The number of aliphatic hydroxyl groups is 1. The Bertz CT molecular complexity index is 2000. The van der Waals surface area contributed by atoms with Crippen LogP contribution in [0.15, 0.2) is 0 Å². The lowest BCUT2D eigenvalue weighted by atomic mass is 10.0. The zero-order valence-electron chi connectivity index (χ0n) is 68.9. The molecule has 0 spiro atoms. The van der Waals surface area contributed by atoms with E-state index in [2.05, 4.69) is 34.6 Å². The highest BCUT2D eigenvalue weighted by Gasteiger charge is 2.30. The molecule has 0 heterocycles. The molecular weight excluding hydrogens is 1370 g/mol. The fraction of sp³-hybridized carbons (Fsp3) is 0.953. The number of phosphoric ester groups is 2. The van der Waals surface area contributed by atoms with Crippen molar-refractivity contribution in [2.75, 3.05) is 39.6 Å². The first-order valence-corrected chi connectivity index (χ1v) is 47.6. The minimum Gasteiger partial charge on any atom is -0.462 e. The van der Waals surface area contributed by atoms with Gasteiger partial charge in [-0.15, -0.1) is 0 Å². The Morgan fingerprint density at radius 1 is 0.257 bits per heavy atom. The molecule has 2 unspecified atom stereocenters. The molecule has 624 valence electrons. The summed E-state index contributed by atoms with van der Waals surface area (Å²) in [6, 6.07) is 0. The van der Waals surface area contributed by atoms with Gasteiger partial charge in [0.05, 0.1) is 26.4 Å². The van der Waals surface area contributed by atoms with E-state index in [4.69, 9.17) is 37.0 Å². The van der Waals surface area contributed by atoms with Crippen LogP contribution in [0.5, 0.6) is 0 Å². The number of unbranched alkanes of at least 4 members (excludes halogenated alkanes) is 58. The number of carbonyl (C=O) groups excluding carboxylic acids is 4. The monoisotopic (exact) mass is 1540 g/mol. The van der Waals surface area contributed by atoms with Gasteiger partial charge in [0.1, 0.15) is 19.3 Å². The van der Waals surface area contributed by atoms with Crippen LogP contribution < -0.4 is 0 Å². The van der Waals surface area contributed by atoms with E-state index in [0.29, 0.717) is 25.7 Å². The lowest BCUT2D eigenvalue weighted by Crippen LogP contribution is -2.30. The second-order valence-corrected chi connectivity index (χ2v) is 34.3. The normalized spacial score (nSPS) is 13.8. The third-order valence-corrected chi connectivity index (χ3v) is 22.2. The van der Waals surface area contributed by atoms with Gasteiger partial charge in [-0.2, -0.15) is 0 Å². The van der Waals surface area contributed by atoms with E-state index in [1.54, 1.807) is 0 Å². The summed E-state index contributed by atoms with van der Waals surface area (Å²) in [4.78, 5) is 73.3. The largest absolute Gasteiger partial charge is 0.472 e. The molecule has 0 aromatic carbocycles.